The van der Waals surface area contributed by atoms with E-state index in [1.165, 1.54) is 22.3 Å². The zero-order chi connectivity index (χ0) is 19.4. The molecular weight excluding hydrogens is 404 g/mol. The lowest BCUT2D eigenvalue weighted by Crippen LogP contribution is -2.35. The number of thioether (sulfide) groups is 1. The number of nitrogens with zero attached hydrogens (tertiary/aromatic N) is 2. The van der Waals surface area contributed by atoms with E-state index in [2.05, 4.69) is 4.98 Å². The average Bonchev–Trinajstić information content (AvgIpc) is 2.69. The lowest BCUT2D eigenvalue weighted by molar-refractivity contribution is 0.0994. The molecule has 27 heavy (non-hydrogen) atoms. The van der Waals surface area contributed by atoms with Gasteiger partial charge in [-0.25, -0.2) is 13.4 Å². The van der Waals surface area contributed by atoms with Gasteiger partial charge in [-0.2, -0.15) is 4.31 Å². The van der Waals surface area contributed by atoms with Crippen molar-refractivity contribution in [2.24, 2.45) is 0 Å². The molecule has 0 bridgehead atoms. The molecule has 0 unspecified atom stereocenters. The van der Waals surface area contributed by atoms with Gasteiger partial charge in [0.25, 0.3) is 0 Å². The number of carbonyl (C=O) groups excluding carboxylic acids is 1. The topological polar surface area (TPSA) is 67.3 Å². The molecule has 3 rings (SSSR count). The second kappa shape index (κ2) is 8.73. The molecule has 0 spiro atoms. The summed E-state index contributed by atoms with van der Waals surface area (Å²) < 4.78 is 26.8. The molecule has 2 heterocycles. The number of ketones is 1. The number of hydrogen-bond donors (Lipinski definition) is 0. The number of hydrogen-bond acceptors (Lipinski definition) is 5. The minimum Gasteiger partial charge on any atom is -0.293 e. The summed E-state index contributed by atoms with van der Waals surface area (Å²) in [4.78, 5) is 17.0. The van der Waals surface area contributed by atoms with Crippen LogP contribution in [0.15, 0.2) is 52.5 Å². The fourth-order valence-corrected chi connectivity index (χ4v) is 5.38. The van der Waals surface area contributed by atoms with Crippen molar-refractivity contribution in [3.05, 3.63) is 53.2 Å². The quantitative estimate of drug-likeness (QED) is 0.511. The van der Waals surface area contributed by atoms with Crippen molar-refractivity contribution in [1.82, 2.24) is 9.29 Å². The number of sulfonamides is 1. The molecular formula is C19H21ClN2O3S2. The predicted molar refractivity (Wildman–Crippen MR) is 108 cm³/mol. The van der Waals surface area contributed by atoms with Crippen molar-refractivity contribution in [3.8, 4) is 0 Å². The van der Waals surface area contributed by atoms with E-state index in [-0.39, 0.29) is 15.9 Å². The van der Waals surface area contributed by atoms with Crippen LogP contribution in [0, 0.1) is 0 Å². The zero-order valence-corrected chi connectivity index (χ0v) is 17.4. The van der Waals surface area contributed by atoms with Gasteiger partial charge in [0.05, 0.1) is 10.3 Å². The number of aromatic nitrogens is 1. The Labute approximate surface area is 169 Å². The molecule has 1 aromatic carbocycles. The lowest BCUT2D eigenvalue weighted by atomic mass is 10.1. The molecule has 0 amide bonds. The second-order valence-electron chi connectivity index (χ2n) is 6.43. The first-order valence-electron chi connectivity index (χ1n) is 8.80. The molecule has 1 fully saturated rings. The first-order chi connectivity index (χ1) is 12.9. The molecule has 0 radical (unpaired) electrons. The zero-order valence-electron chi connectivity index (χ0n) is 15.0. The van der Waals surface area contributed by atoms with Gasteiger partial charge < -0.3 is 0 Å². The molecule has 144 valence electrons. The number of carbonyl (C=O) groups is 1. The molecule has 1 saturated heterocycles. The van der Waals surface area contributed by atoms with E-state index in [1.54, 1.807) is 36.4 Å². The van der Waals surface area contributed by atoms with Crippen molar-refractivity contribution < 1.29 is 13.2 Å². The molecule has 0 N–H and O–H groups in total. The summed E-state index contributed by atoms with van der Waals surface area (Å²) in [5.41, 5.74) is 0.587. The van der Waals surface area contributed by atoms with Gasteiger partial charge in [0.1, 0.15) is 4.90 Å². The Balaban J connectivity index is 1.68. The SMILES string of the molecule is C[C@H](Sc1ccc(S(=O)(=O)N2CCCCC2)cn1)C(=O)c1ccc(Cl)cc1. The van der Waals surface area contributed by atoms with Gasteiger partial charge in [-0.1, -0.05) is 29.8 Å². The monoisotopic (exact) mass is 424 g/mol. The fourth-order valence-electron chi connectivity index (χ4n) is 2.93. The molecule has 8 heteroatoms. The second-order valence-corrected chi connectivity index (χ2v) is 10.2. The molecule has 0 aliphatic carbocycles. The highest BCUT2D eigenvalue weighted by Crippen LogP contribution is 2.26. The Kier molecular flexibility index (Phi) is 6.57. The van der Waals surface area contributed by atoms with Crippen molar-refractivity contribution in [1.29, 1.82) is 0 Å². The van der Waals surface area contributed by atoms with E-state index in [0.717, 1.165) is 19.3 Å². The van der Waals surface area contributed by atoms with Gasteiger partial charge in [-0.3, -0.25) is 4.79 Å². The van der Waals surface area contributed by atoms with Gasteiger partial charge in [0, 0.05) is 29.9 Å². The Morgan fingerprint density at radius 3 is 2.37 bits per heavy atom. The first kappa shape index (κ1) is 20.3. The highest BCUT2D eigenvalue weighted by molar-refractivity contribution is 8.00. The van der Waals surface area contributed by atoms with Crippen LogP contribution in [0.4, 0.5) is 0 Å². The van der Waals surface area contributed by atoms with Crippen LogP contribution in [0.3, 0.4) is 0 Å². The number of pyridine rings is 1. The summed E-state index contributed by atoms with van der Waals surface area (Å²) >= 11 is 7.16. The van der Waals surface area contributed by atoms with E-state index >= 15 is 0 Å². The number of piperidine rings is 1. The lowest BCUT2D eigenvalue weighted by Gasteiger charge is -2.25. The van der Waals surface area contributed by atoms with Gasteiger partial charge in [0.15, 0.2) is 5.78 Å². The summed E-state index contributed by atoms with van der Waals surface area (Å²) in [6.45, 7) is 2.93. The van der Waals surface area contributed by atoms with Crippen molar-refractivity contribution >= 4 is 39.2 Å². The highest BCUT2D eigenvalue weighted by atomic mass is 35.5. The third-order valence-electron chi connectivity index (χ3n) is 4.46. The summed E-state index contributed by atoms with van der Waals surface area (Å²) in [5, 5.41) is 0.852. The van der Waals surface area contributed by atoms with Gasteiger partial charge in [0.2, 0.25) is 10.0 Å². The van der Waals surface area contributed by atoms with Crippen LogP contribution in [-0.4, -0.2) is 41.8 Å². The highest BCUT2D eigenvalue weighted by Gasteiger charge is 2.26. The Morgan fingerprint density at radius 2 is 1.78 bits per heavy atom. The first-order valence-corrected chi connectivity index (χ1v) is 11.5. The maximum absolute atomic E-state index is 12.7. The molecule has 1 atom stereocenters. The minimum absolute atomic E-state index is 0.0246. The summed E-state index contributed by atoms with van der Waals surface area (Å²) in [6.07, 6.45) is 4.24. The Bertz CT molecular complexity index is 894. The minimum atomic E-state index is -3.49. The molecule has 2 aromatic rings. The Hall–Kier alpha value is -1.41. The molecule has 1 aromatic heterocycles. The van der Waals surface area contributed by atoms with Crippen LogP contribution < -0.4 is 0 Å². The van der Waals surface area contributed by atoms with Gasteiger partial charge in [-0.05, 0) is 56.2 Å². The molecule has 0 saturated carbocycles. The molecule has 1 aliphatic rings. The van der Waals surface area contributed by atoms with Crippen LogP contribution in [-0.2, 0) is 10.0 Å². The van der Waals surface area contributed by atoms with Gasteiger partial charge in [-0.15, -0.1) is 0 Å². The summed E-state index contributed by atoms with van der Waals surface area (Å²) in [6, 6.07) is 9.99. The van der Waals surface area contributed by atoms with Crippen LogP contribution in [0.1, 0.15) is 36.5 Å². The van der Waals surface area contributed by atoms with Crippen LogP contribution in [0.2, 0.25) is 5.02 Å². The Morgan fingerprint density at radius 1 is 1.11 bits per heavy atom. The van der Waals surface area contributed by atoms with E-state index < -0.39 is 10.0 Å². The fraction of sp³-hybridized carbons (Fsp3) is 0.368. The average molecular weight is 425 g/mol. The molecule has 5 nitrogen and oxygen atoms in total. The van der Waals surface area contributed by atoms with Crippen molar-refractivity contribution in [2.75, 3.05) is 13.1 Å². The van der Waals surface area contributed by atoms with Gasteiger partial charge >= 0.3 is 0 Å². The third kappa shape index (κ3) is 4.90. The summed E-state index contributed by atoms with van der Waals surface area (Å²) in [5.74, 6) is -0.0246. The largest absolute Gasteiger partial charge is 0.293 e. The predicted octanol–water partition coefficient (Wildman–Crippen LogP) is 4.27. The third-order valence-corrected chi connectivity index (χ3v) is 7.64. The number of benzene rings is 1. The maximum Gasteiger partial charge on any atom is 0.244 e. The number of halogens is 1. The number of rotatable bonds is 6. The van der Waals surface area contributed by atoms with E-state index in [4.69, 9.17) is 11.6 Å². The van der Waals surface area contributed by atoms with Crippen LogP contribution >= 0.6 is 23.4 Å². The van der Waals surface area contributed by atoms with E-state index in [9.17, 15) is 13.2 Å². The standard InChI is InChI=1S/C19H21ClN2O3S2/c1-14(19(23)15-5-7-16(20)8-6-15)26-18-10-9-17(13-21-18)27(24,25)22-11-3-2-4-12-22/h5-10,13-14H,2-4,11-12H2,1H3/t14-/m0/s1. The normalized spacial score (nSPS) is 16.8. The maximum atomic E-state index is 12.7. The number of Topliss-reactive ketones (excluding diaryl/α,β-unsaturated/α-hetero) is 1. The van der Waals surface area contributed by atoms with Crippen LogP contribution in [0.25, 0.3) is 0 Å². The summed E-state index contributed by atoms with van der Waals surface area (Å²) in [7, 11) is -3.49. The molecule has 1 aliphatic heterocycles. The smallest absolute Gasteiger partial charge is 0.244 e. The van der Waals surface area contributed by atoms with Crippen molar-refractivity contribution in [3.63, 3.8) is 0 Å². The van der Waals surface area contributed by atoms with Crippen molar-refractivity contribution in [2.45, 2.75) is 41.4 Å². The van der Waals surface area contributed by atoms with E-state index in [0.29, 0.717) is 28.7 Å². The van der Waals surface area contributed by atoms with Crippen LogP contribution in [0.5, 0.6) is 0 Å². The van der Waals surface area contributed by atoms with E-state index in [1.807, 2.05) is 6.92 Å².